The second-order valence-corrected chi connectivity index (χ2v) is 6.58. The van der Waals surface area contributed by atoms with Gasteiger partial charge in [0.15, 0.2) is 0 Å². The Morgan fingerprint density at radius 2 is 2.40 bits per heavy atom. The summed E-state index contributed by atoms with van der Waals surface area (Å²) >= 11 is 1.65. The van der Waals surface area contributed by atoms with E-state index in [0.29, 0.717) is 11.9 Å². The Hall–Kier alpha value is -1.11. The summed E-state index contributed by atoms with van der Waals surface area (Å²) in [6.45, 7) is 2.18. The Labute approximate surface area is 121 Å². The molecule has 2 atom stereocenters. The summed E-state index contributed by atoms with van der Waals surface area (Å²) in [5, 5.41) is 10.2. The number of pyridine rings is 1. The van der Waals surface area contributed by atoms with E-state index in [1.807, 2.05) is 0 Å². The van der Waals surface area contributed by atoms with E-state index >= 15 is 0 Å². The van der Waals surface area contributed by atoms with Crippen LogP contribution in [0.5, 0.6) is 0 Å². The van der Waals surface area contributed by atoms with Crippen molar-refractivity contribution in [2.45, 2.75) is 35.1 Å². The molecule has 1 aromatic heterocycles. The molecule has 1 aromatic rings. The van der Waals surface area contributed by atoms with Crippen LogP contribution in [0.1, 0.15) is 29.6 Å². The lowest BCUT2D eigenvalue weighted by atomic mass is 9.93. The molecule has 0 bridgehead atoms. The van der Waals surface area contributed by atoms with E-state index in [1.165, 1.54) is 6.07 Å². The zero-order valence-corrected chi connectivity index (χ0v) is 11.9. The highest BCUT2D eigenvalue weighted by Crippen LogP contribution is 2.39. The quantitative estimate of drug-likeness (QED) is 0.922. The minimum atomic E-state index is -0.915. The monoisotopic (exact) mass is 295 g/mol. The fourth-order valence-electron chi connectivity index (χ4n) is 2.72. The first-order valence-electron chi connectivity index (χ1n) is 6.75. The molecule has 1 N–H and O–H groups in total. The van der Waals surface area contributed by atoms with E-state index in [9.17, 15) is 4.79 Å². The largest absolute Gasteiger partial charge is 0.478 e. The molecule has 0 saturated carbocycles. The Morgan fingerprint density at radius 3 is 3.15 bits per heavy atom. The lowest BCUT2D eigenvalue weighted by Gasteiger charge is -2.36. The van der Waals surface area contributed by atoms with Crippen LogP contribution >= 0.6 is 11.8 Å². The van der Waals surface area contributed by atoms with Crippen molar-refractivity contribution in [2.24, 2.45) is 0 Å². The maximum absolute atomic E-state index is 11.0. The van der Waals surface area contributed by atoms with Gasteiger partial charge in [0.2, 0.25) is 0 Å². The van der Waals surface area contributed by atoms with Crippen LogP contribution in [0.15, 0.2) is 23.4 Å². The van der Waals surface area contributed by atoms with Crippen LogP contribution in [-0.2, 0) is 9.47 Å². The van der Waals surface area contributed by atoms with E-state index in [2.05, 4.69) is 4.98 Å². The van der Waals surface area contributed by atoms with Crippen molar-refractivity contribution in [1.29, 1.82) is 0 Å². The minimum absolute atomic E-state index is 0.125. The number of carbonyl (C=O) groups is 1. The summed E-state index contributed by atoms with van der Waals surface area (Å²) in [7, 11) is 0. The summed E-state index contributed by atoms with van der Waals surface area (Å²) in [6, 6.07) is 3.16. The minimum Gasteiger partial charge on any atom is -0.478 e. The predicted octanol–water partition coefficient (Wildman–Crippen LogP) is 2.21. The number of carboxylic acid groups (broad SMARTS) is 1. The molecule has 3 rings (SSSR count). The summed E-state index contributed by atoms with van der Waals surface area (Å²) in [4.78, 5) is 15.2. The standard InChI is InChI=1S/C14H17NO4S/c16-13(17)10-1-4-15-12(7-10)20-11-2-5-19-14(8-11)3-6-18-9-14/h1,4,7,11H,2-3,5-6,8-9H2,(H,16,17). The van der Waals surface area contributed by atoms with Crippen molar-refractivity contribution < 1.29 is 19.4 Å². The zero-order chi connectivity index (χ0) is 14.0. The molecule has 0 aliphatic carbocycles. The van der Waals surface area contributed by atoms with Gasteiger partial charge in [-0.25, -0.2) is 9.78 Å². The highest BCUT2D eigenvalue weighted by molar-refractivity contribution is 7.99. The molecule has 6 heteroatoms. The third kappa shape index (κ3) is 2.97. The molecule has 2 aliphatic rings. The van der Waals surface area contributed by atoms with Gasteiger partial charge in [-0.05, 0) is 25.0 Å². The van der Waals surface area contributed by atoms with Crippen molar-refractivity contribution >= 4 is 17.7 Å². The summed E-state index contributed by atoms with van der Waals surface area (Å²) in [5.41, 5.74) is 0.161. The number of aromatic carboxylic acids is 1. The van der Waals surface area contributed by atoms with E-state index < -0.39 is 5.97 Å². The lowest BCUT2D eigenvalue weighted by molar-refractivity contribution is -0.0769. The van der Waals surface area contributed by atoms with Crippen LogP contribution in [0.4, 0.5) is 0 Å². The highest BCUT2D eigenvalue weighted by atomic mass is 32.2. The molecule has 20 heavy (non-hydrogen) atoms. The third-order valence-electron chi connectivity index (χ3n) is 3.78. The number of thioether (sulfide) groups is 1. The molecular formula is C14H17NO4S. The molecule has 2 aliphatic heterocycles. The second-order valence-electron chi connectivity index (χ2n) is 5.25. The molecule has 2 saturated heterocycles. The van der Waals surface area contributed by atoms with Gasteiger partial charge >= 0.3 is 5.97 Å². The van der Waals surface area contributed by atoms with Gasteiger partial charge in [0.25, 0.3) is 0 Å². The summed E-state index contributed by atoms with van der Waals surface area (Å²) in [6.07, 6.45) is 4.41. The Morgan fingerprint density at radius 1 is 1.50 bits per heavy atom. The van der Waals surface area contributed by atoms with Crippen molar-refractivity contribution in [3.63, 3.8) is 0 Å². The van der Waals surface area contributed by atoms with Crippen molar-refractivity contribution in [3.8, 4) is 0 Å². The number of aromatic nitrogens is 1. The van der Waals surface area contributed by atoms with Gasteiger partial charge in [-0.2, -0.15) is 0 Å². The van der Waals surface area contributed by atoms with Gasteiger partial charge in [0.1, 0.15) is 0 Å². The van der Waals surface area contributed by atoms with Gasteiger partial charge in [-0.3, -0.25) is 0 Å². The molecule has 5 nitrogen and oxygen atoms in total. The summed E-state index contributed by atoms with van der Waals surface area (Å²) < 4.78 is 11.4. The molecule has 3 heterocycles. The topological polar surface area (TPSA) is 68.7 Å². The van der Waals surface area contributed by atoms with Crippen molar-refractivity contribution in [1.82, 2.24) is 4.98 Å². The first-order chi connectivity index (χ1) is 9.67. The normalized spacial score (nSPS) is 29.7. The molecule has 2 fully saturated rings. The zero-order valence-electron chi connectivity index (χ0n) is 11.1. The average Bonchev–Trinajstić information content (AvgIpc) is 2.87. The van der Waals surface area contributed by atoms with Crippen LogP contribution in [0.3, 0.4) is 0 Å². The van der Waals surface area contributed by atoms with Gasteiger partial charge in [-0.15, -0.1) is 11.8 Å². The highest BCUT2D eigenvalue weighted by Gasteiger charge is 2.41. The van der Waals surface area contributed by atoms with Crippen LogP contribution in [0.2, 0.25) is 0 Å². The Bertz CT molecular complexity index is 502. The fourth-order valence-corrected chi connectivity index (χ4v) is 3.98. The van der Waals surface area contributed by atoms with Gasteiger partial charge in [0.05, 0.1) is 22.8 Å². The SMILES string of the molecule is O=C(O)c1ccnc(SC2CCOC3(CCOC3)C2)c1. The van der Waals surface area contributed by atoms with Crippen LogP contribution in [0.25, 0.3) is 0 Å². The summed E-state index contributed by atoms with van der Waals surface area (Å²) in [5.74, 6) is -0.915. The van der Waals surface area contributed by atoms with Gasteiger partial charge < -0.3 is 14.6 Å². The number of hydrogen-bond donors (Lipinski definition) is 1. The number of hydrogen-bond acceptors (Lipinski definition) is 5. The van der Waals surface area contributed by atoms with E-state index in [-0.39, 0.29) is 11.2 Å². The second kappa shape index (κ2) is 5.71. The first-order valence-corrected chi connectivity index (χ1v) is 7.63. The third-order valence-corrected chi connectivity index (χ3v) is 4.98. The van der Waals surface area contributed by atoms with E-state index in [1.54, 1.807) is 24.0 Å². The van der Waals surface area contributed by atoms with Crippen LogP contribution < -0.4 is 0 Å². The number of nitrogens with zero attached hydrogens (tertiary/aromatic N) is 1. The van der Waals surface area contributed by atoms with Gasteiger partial charge in [0, 0.05) is 31.1 Å². The van der Waals surface area contributed by atoms with Crippen LogP contribution in [-0.4, -0.2) is 46.7 Å². The predicted molar refractivity (Wildman–Crippen MR) is 74.2 cm³/mol. The smallest absolute Gasteiger partial charge is 0.335 e. The van der Waals surface area contributed by atoms with Gasteiger partial charge in [-0.1, -0.05) is 0 Å². The number of ether oxygens (including phenoxy) is 2. The molecule has 0 radical (unpaired) electrons. The Kier molecular flexibility index (Phi) is 3.96. The molecule has 108 valence electrons. The van der Waals surface area contributed by atoms with Crippen molar-refractivity contribution in [2.75, 3.05) is 19.8 Å². The molecular weight excluding hydrogens is 278 g/mol. The molecule has 1 spiro atoms. The van der Waals surface area contributed by atoms with E-state index in [0.717, 1.165) is 37.5 Å². The molecule has 0 aromatic carbocycles. The lowest BCUT2D eigenvalue weighted by Crippen LogP contribution is -2.41. The fraction of sp³-hybridized carbons (Fsp3) is 0.571. The van der Waals surface area contributed by atoms with Crippen LogP contribution in [0, 0.1) is 0 Å². The number of rotatable bonds is 3. The first kappa shape index (κ1) is 13.9. The van der Waals surface area contributed by atoms with E-state index in [4.69, 9.17) is 14.6 Å². The average molecular weight is 295 g/mol. The maximum Gasteiger partial charge on any atom is 0.335 e. The molecule has 0 amide bonds. The number of carboxylic acids is 1. The maximum atomic E-state index is 11.0. The van der Waals surface area contributed by atoms with Crippen molar-refractivity contribution in [3.05, 3.63) is 23.9 Å². The Balaban J connectivity index is 1.68. The molecule has 2 unspecified atom stereocenters.